The molecule has 106 valence electrons. The van der Waals surface area contributed by atoms with Crippen LogP contribution in [0.1, 0.15) is 12.8 Å². The molecule has 7 heteroatoms. The first kappa shape index (κ1) is 14.1. The lowest BCUT2D eigenvalue weighted by atomic mass is 10.3. The molecule has 0 aliphatic heterocycles. The minimum absolute atomic E-state index is 0.0105. The number of hydrogen-bond donors (Lipinski definition) is 2. The predicted molar refractivity (Wildman–Crippen MR) is 71.4 cm³/mol. The minimum Gasteiger partial charge on any atom is -0.494 e. The van der Waals surface area contributed by atoms with Gasteiger partial charge in [0.05, 0.1) is 18.6 Å². The fraction of sp³-hybridized carbons (Fsp3) is 0.500. The van der Waals surface area contributed by atoms with Crippen LogP contribution in [0.25, 0.3) is 0 Å². The third-order valence-corrected chi connectivity index (χ3v) is 4.09. The average molecular weight is 288 g/mol. The van der Waals surface area contributed by atoms with Gasteiger partial charge in [-0.25, -0.2) is 12.8 Å². The van der Waals surface area contributed by atoms with Gasteiger partial charge in [-0.05, 0) is 25.0 Å². The third-order valence-electron chi connectivity index (χ3n) is 2.81. The van der Waals surface area contributed by atoms with Crippen LogP contribution in [0.2, 0.25) is 0 Å². The molecule has 0 aromatic heterocycles. The normalized spacial score (nSPS) is 15.3. The lowest BCUT2D eigenvalue weighted by Crippen LogP contribution is -2.28. The summed E-state index contributed by atoms with van der Waals surface area (Å²) in [7, 11) is -2.10. The van der Waals surface area contributed by atoms with Gasteiger partial charge in [-0.3, -0.25) is 4.72 Å². The van der Waals surface area contributed by atoms with Crippen molar-refractivity contribution in [2.75, 3.05) is 24.1 Å². The monoisotopic (exact) mass is 288 g/mol. The van der Waals surface area contributed by atoms with Gasteiger partial charge in [-0.1, -0.05) is 0 Å². The molecule has 1 fully saturated rings. The standard InChI is InChI=1S/C12H17FN2O3S/c1-18-12-8-10(4-5-11(12)13)15-19(16,17)7-6-14-9-2-3-9/h4-5,8-9,14-15H,2-3,6-7H2,1H3. The van der Waals surface area contributed by atoms with E-state index in [1.54, 1.807) is 0 Å². The molecule has 0 saturated heterocycles. The topological polar surface area (TPSA) is 67.4 Å². The van der Waals surface area contributed by atoms with Gasteiger partial charge in [0.15, 0.2) is 11.6 Å². The highest BCUT2D eigenvalue weighted by Gasteiger charge is 2.21. The number of ether oxygens (including phenoxy) is 1. The molecule has 0 atom stereocenters. The summed E-state index contributed by atoms with van der Waals surface area (Å²) in [5.41, 5.74) is 0.296. The maximum atomic E-state index is 13.2. The molecule has 0 amide bonds. The van der Waals surface area contributed by atoms with Crippen LogP contribution in [0.3, 0.4) is 0 Å². The Bertz CT molecular complexity index is 544. The second kappa shape index (κ2) is 5.75. The van der Waals surface area contributed by atoms with E-state index >= 15 is 0 Å². The molecule has 0 heterocycles. The zero-order chi connectivity index (χ0) is 13.9. The Morgan fingerprint density at radius 2 is 2.16 bits per heavy atom. The van der Waals surface area contributed by atoms with Crippen LogP contribution in [0, 0.1) is 5.82 Å². The lowest BCUT2D eigenvalue weighted by Gasteiger charge is -2.10. The van der Waals surface area contributed by atoms with Crippen molar-refractivity contribution in [3.8, 4) is 5.75 Å². The van der Waals surface area contributed by atoms with Gasteiger partial charge in [0.1, 0.15) is 0 Å². The summed E-state index contributed by atoms with van der Waals surface area (Å²) >= 11 is 0. The molecule has 5 nitrogen and oxygen atoms in total. The van der Waals surface area contributed by atoms with E-state index in [2.05, 4.69) is 10.0 Å². The Balaban J connectivity index is 1.94. The maximum absolute atomic E-state index is 13.2. The van der Waals surface area contributed by atoms with Crippen LogP contribution in [-0.2, 0) is 10.0 Å². The van der Waals surface area contributed by atoms with Gasteiger partial charge in [0.25, 0.3) is 0 Å². The maximum Gasteiger partial charge on any atom is 0.233 e. The van der Waals surface area contributed by atoms with Crippen molar-refractivity contribution >= 4 is 15.7 Å². The smallest absolute Gasteiger partial charge is 0.233 e. The van der Waals surface area contributed by atoms with Crippen LogP contribution >= 0.6 is 0 Å². The summed E-state index contributed by atoms with van der Waals surface area (Å²) in [4.78, 5) is 0. The fourth-order valence-electron chi connectivity index (χ4n) is 1.64. The molecule has 1 aliphatic rings. The Hall–Kier alpha value is -1.34. The Labute approximate surface area is 112 Å². The molecule has 1 aromatic carbocycles. The number of benzene rings is 1. The van der Waals surface area contributed by atoms with Crippen molar-refractivity contribution in [3.05, 3.63) is 24.0 Å². The Morgan fingerprint density at radius 1 is 1.42 bits per heavy atom. The molecule has 0 unspecified atom stereocenters. The van der Waals surface area contributed by atoms with Crippen LogP contribution in [0.15, 0.2) is 18.2 Å². The van der Waals surface area contributed by atoms with Crippen LogP contribution < -0.4 is 14.8 Å². The van der Waals surface area contributed by atoms with Gasteiger partial charge in [0, 0.05) is 18.7 Å². The third kappa shape index (κ3) is 4.36. The quantitative estimate of drug-likeness (QED) is 0.794. The molecule has 1 aromatic rings. The molecule has 1 saturated carbocycles. The summed E-state index contributed by atoms with van der Waals surface area (Å²) in [6.07, 6.45) is 2.23. The molecule has 0 bridgehead atoms. The lowest BCUT2D eigenvalue weighted by molar-refractivity contribution is 0.387. The first-order valence-corrected chi connectivity index (χ1v) is 7.73. The largest absolute Gasteiger partial charge is 0.494 e. The molecule has 0 radical (unpaired) electrons. The molecular formula is C12H17FN2O3S. The van der Waals surface area contributed by atoms with Gasteiger partial charge in [-0.2, -0.15) is 0 Å². The SMILES string of the molecule is COc1cc(NS(=O)(=O)CCNC2CC2)ccc1F. The number of nitrogens with one attached hydrogen (secondary N) is 2. The minimum atomic E-state index is -3.43. The van der Waals surface area contributed by atoms with Gasteiger partial charge < -0.3 is 10.1 Å². The number of sulfonamides is 1. The van der Waals surface area contributed by atoms with Crippen molar-refractivity contribution in [2.45, 2.75) is 18.9 Å². The summed E-state index contributed by atoms with van der Waals surface area (Å²) in [6.45, 7) is 0.415. The van der Waals surface area contributed by atoms with E-state index in [-0.39, 0.29) is 11.5 Å². The summed E-state index contributed by atoms with van der Waals surface area (Å²) in [6, 6.07) is 4.32. The molecule has 2 rings (SSSR count). The van der Waals surface area contributed by atoms with E-state index < -0.39 is 15.8 Å². The van der Waals surface area contributed by atoms with Crippen molar-refractivity contribution in [3.63, 3.8) is 0 Å². The highest BCUT2D eigenvalue weighted by Crippen LogP contribution is 2.22. The Kier molecular flexibility index (Phi) is 4.26. The van der Waals surface area contributed by atoms with Crippen molar-refractivity contribution in [2.24, 2.45) is 0 Å². The van der Waals surface area contributed by atoms with E-state index in [1.165, 1.54) is 25.3 Å². The molecule has 2 N–H and O–H groups in total. The average Bonchev–Trinajstić information content (AvgIpc) is 3.15. The van der Waals surface area contributed by atoms with Crippen molar-refractivity contribution in [1.29, 1.82) is 0 Å². The number of anilines is 1. The molecule has 1 aliphatic carbocycles. The molecule has 0 spiro atoms. The van der Waals surface area contributed by atoms with Crippen LogP contribution in [0.4, 0.5) is 10.1 Å². The molecule has 19 heavy (non-hydrogen) atoms. The number of hydrogen-bond acceptors (Lipinski definition) is 4. The number of rotatable bonds is 7. The first-order chi connectivity index (χ1) is 9.00. The zero-order valence-electron chi connectivity index (χ0n) is 10.6. The van der Waals surface area contributed by atoms with E-state index in [1.807, 2.05) is 0 Å². The van der Waals surface area contributed by atoms with E-state index in [9.17, 15) is 12.8 Å². The van der Waals surface area contributed by atoms with E-state index in [0.29, 0.717) is 18.3 Å². The van der Waals surface area contributed by atoms with E-state index in [0.717, 1.165) is 12.8 Å². The highest BCUT2D eigenvalue weighted by atomic mass is 32.2. The second-order valence-electron chi connectivity index (χ2n) is 4.50. The zero-order valence-corrected chi connectivity index (χ0v) is 11.5. The fourth-order valence-corrected chi connectivity index (χ4v) is 2.61. The first-order valence-electron chi connectivity index (χ1n) is 6.07. The number of methoxy groups -OCH3 is 1. The van der Waals surface area contributed by atoms with E-state index in [4.69, 9.17) is 4.74 Å². The summed E-state index contributed by atoms with van der Waals surface area (Å²) in [5.74, 6) is -0.527. The van der Waals surface area contributed by atoms with Crippen LogP contribution in [0.5, 0.6) is 5.75 Å². The van der Waals surface area contributed by atoms with Gasteiger partial charge >= 0.3 is 0 Å². The van der Waals surface area contributed by atoms with Crippen LogP contribution in [-0.4, -0.2) is 33.9 Å². The highest BCUT2D eigenvalue weighted by molar-refractivity contribution is 7.92. The summed E-state index contributed by atoms with van der Waals surface area (Å²) < 4.78 is 44.0. The van der Waals surface area contributed by atoms with Crippen molar-refractivity contribution < 1.29 is 17.5 Å². The van der Waals surface area contributed by atoms with Gasteiger partial charge in [0.2, 0.25) is 10.0 Å². The Morgan fingerprint density at radius 3 is 2.79 bits per heavy atom. The number of halogens is 1. The second-order valence-corrected chi connectivity index (χ2v) is 6.34. The predicted octanol–water partition coefficient (Wildman–Crippen LogP) is 1.33. The van der Waals surface area contributed by atoms with Gasteiger partial charge in [-0.15, -0.1) is 0 Å². The van der Waals surface area contributed by atoms with Crippen molar-refractivity contribution in [1.82, 2.24) is 5.32 Å². The molecular weight excluding hydrogens is 271 g/mol. The summed E-state index contributed by atoms with van der Waals surface area (Å²) in [5, 5.41) is 3.13.